The molecule has 6 heteroatoms. The molecule has 2 aromatic rings. The highest BCUT2D eigenvalue weighted by Crippen LogP contribution is 2.10. The Labute approximate surface area is 117 Å². The van der Waals surface area contributed by atoms with E-state index in [0.717, 1.165) is 11.1 Å². The van der Waals surface area contributed by atoms with Crippen molar-refractivity contribution in [3.05, 3.63) is 47.8 Å². The molecule has 0 unspecified atom stereocenters. The van der Waals surface area contributed by atoms with Crippen LogP contribution < -0.4 is 11.1 Å². The molecule has 0 fully saturated rings. The number of hydrogen-bond donors (Lipinski definition) is 3. The number of carbonyl (C=O) groups excluding carboxylic acids is 1. The minimum atomic E-state index is -0.615. The first-order valence-corrected chi connectivity index (χ1v) is 6.33. The molecule has 6 nitrogen and oxygen atoms in total. The van der Waals surface area contributed by atoms with E-state index < -0.39 is 6.04 Å². The Morgan fingerprint density at radius 3 is 2.70 bits per heavy atom. The maximum atomic E-state index is 11.9. The highest BCUT2D eigenvalue weighted by atomic mass is 16.3. The van der Waals surface area contributed by atoms with Crippen LogP contribution in [0, 0.1) is 0 Å². The Morgan fingerprint density at radius 2 is 2.10 bits per heavy atom. The number of phenols is 1. The van der Waals surface area contributed by atoms with Gasteiger partial charge in [-0.3, -0.25) is 9.48 Å². The molecule has 4 N–H and O–H groups in total. The lowest BCUT2D eigenvalue weighted by atomic mass is 10.1. The lowest BCUT2D eigenvalue weighted by Gasteiger charge is -2.11. The molecule has 0 bridgehead atoms. The molecule has 1 amide bonds. The Balaban J connectivity index is 1.84. The molecule has 1 aromatic carbocycles. The van der Waals surface area contributed by atoms with Crippen LogP contribution in [-0.4, -0.2) is 26.8 Å². The summed E-state index contributed by atoms with van der Waals surface area (Å²) in [5.41, 5.74) is 7.70. The number of carbonyl (C=O) groups is 1. The SMILES string of the molecule is Cn1cc(CNC(=O)[C@@H](N)Cc2ccc(O)cc2)cn1. The maximum Gasteiger partial charge on any atom is 0.237 e. The van der Waals surface area contributed by atoms with E-state index >= 15 is 0 Å². The van der Waals surface area contributed by atoms with E-state index in [1.165, 1.54) is 0 Å². The molecule has 0 saturated carbocycles. The number of aromatic hydroxyl groups is 1. The van der Waals surface area contributed by atoms with Crippen LogP contribution in [0.5, 0.6) is 5.75 Å². The minimum absolute atomic E-state index is 0.198. The maximum absolute atomic E-state index is 11.9. The van der Waals surface area contributed by atoms with Crippen LogP contribution in [0.4, 0.5) is 0 Å². The van der Waals surface area contributed by atoms with Gasteiger partial charge >= 0.3 is 0 Å². The molecular weight excluding hydrogens is 256 g/mol. The summed E-state index contributed by atoms with van der Waals surface area (Å²) in [6.45, 7) is 0.413. The van der Waals surface area contributed by atoms with Gasteiger partial charge in [0.05, 0.1) is 12.2 Å². The lowest BCUT2D eigenvalue weighted by molar-refractivity contribution is -0.122. The standard InChI is InChI=1S/C14H18N4O2/c1-18-9-11(8-17-18)7-16-14(20)13(15)6-10-2-4-12(19)5-3-10/h2-5,8-9,13,19H,6-7,15H2,1H3,(H,16,20)/t13-/m0/s1. The van der Waals surface area contributed by atoms with Crippen molar-refractivity contribution in [3.63, 3.8) is 0 Å². The van der Waals surface area contributed by atoms with Crippen molar-refractivity contribution >= 4 is 5.91 Å². The summed E-state index contributed by atoms with van der Waals surface area (Å²) in [4.78, 5) is 11.9. The lowest BCUT2D eigenvalue weighted by Crippen LogP contribution is -2.41. The van der Waals surface area contributed by atoms with Crippen LogP contribution in [0.1, 0.15) is 11.1 Å². The van der Waals surface area contributed by atoms with Gasteiger partial charge in [0, 0.05) is 25.4 Å². The predicted molar refractivity (Wildman–Crippen MR) is 74.8 cm³/mol. The summed E-state index contributed by atoms with van der Waals surface area (Å²) >= 11 is 0. The van der Waals surface area contributed by atoms with E-state index in [1.54, 1.807) is 35.1 Å². The molecule has 1 aromatic heterocycles. The molecule has 0 aliphatic carbocycles. The quantitative estimate of drug-likeness (QED) is 0.731. The Bertz CT molecular complexity index is 577. The molecule has 20 heavy (non-hydrogen) atoms. The number of hydrogen-bond acceptors (Lipinski definition) is 4. The fourth-order valence-electron chi connectivity index (χ4n) is 1.86. The number of aromatic nitrogens is 2. The first-order chi connectivity index (χ1) is 9.54. The fraction of sp³-hybridized carbons (Fsp3) is 0.286. The number of rotatable bonds is 5. The van der Waals surface area contributed by atoms with Crippen molar-refractivity contribution < 1.29 is 9.90 Å². The van der Waals surface area contributed by atoms with Crippen molar-refractivity contribution in [1.29, 1.82) is 0 Å². The van der Waals surface area contributed by atoms with E-state index in [0.29, 0.717) is 13.0 Å². The third kappa shape index (κ3) is 3.83. The molecule has 1 heterocycles. The number of aryl methyl sites for hydroxylation is 1. The van der Waals surface area contributed by atoms with E-state index in [9.17, 15) is 9.90 Å². The smallest absolute Gasteiger partial charge is 0.237 e. The third-order valence-electron chi connectivity index (χ3n) is 2.95. The molecule has 0 aliphatic heterocycles. The summed E-state index contributed by atoms with van der Waals surface area (Å²) in [5, 5.41) is 16.0. The summed E-state index contributed by atoms with van der Waals surface area (Å²) < 4.78 is 1.68. The number of benzene rings is 1. The normalized spacial score (nSPS) is 12.1. The van der Waals surface area contributed by atoms with Crippen LogP contribution in [0.2, 0.25) is 0 Å². The Kier molecular flexibility index (Phi) is 4.37. The molecule has 0 saturated heterocycles. The summed E-state index contributed by atoms with van der Waals surface area (Å²) in [6, 6.07) is 6.05. The molecular formula is C14H18N4O2. The number of nitrogens with zero attached hydrogens (tertiary/aromatic N) is 2. The first-order valence-electron chi connectivity index (χ1n) is 6.33. The second-order valence-corrected chi connectivity index (χ2v) is 4.72. The minimum Gasteiger partial charge on any atom is -0.508 e. The number of phenolic OH excluding ortho intramolecular Hbond substituents is 1. The summed E-state index contributed by atoms with van der Waals surface area (Å²) in [6.07, 6.45) is 3.97. The molecule has 0 aliphatic rings. The number of amides is 1. The van der Waals surface area contributed by atoms with Gasteiger partial charge in [-0.1, -0.05) is 12.1 Å². The number of nitrogens with one attached hydrogen (secondary N) is 1. The first kappa shape index (κ1) is 14.1. The molecule has 0 radical (unpaired) electrons. The van der Waals surface area contributed by atoms with Crippen LogP contribution in [0.25, 0.3) is 0 Å². The van der Waals surface area contributed by atoms with E-state index in [1.807, 2.05) is 13.2 Å². The average Bonchev–Trinajstić information content (AvgIpc) is 2.84. The van der Waals surface area contributed by atoms with E-state index in [4.69, 9.17) is 5.73 Å². The van der Waals surface area contributed by atoms with Crippen molar-refractivity contribution in [2.45, 2.75) is 19.0 Å². The Morgan fingerprint density at radius 1 is 1.40 bits per heavy atom. The van der Waals surface area contributed by atoms with Crippen molar-refractivity contribution in [2.75, 3.05) is 0 Å². The van der Waals surface area contributed by atoms with Gasteiger partial charge in [0.1, 0.15) is 5.75 Å². The van der Waals surface area contributed by atoms with Crippen LogP contribution in [0.3, 0.4) is 0 Å². The zero-order valence-electron chi connectivity index (χ0n) is 11.3. The van der Waals surface area contributed by atoms with Crippen LogP contribution in [0.15, 0.2) is 36.7 Å². The van der Waals surface area contributed by atoms with Crippen LogP contribution in [-0.2, 0) is 24.8 Å². The van der Waals surface area contributed by atoms with Gasteiger partial charge in [0.15, 0.2) is 0 Å². The van der Waals surface area contributed by atoms with Crippen LogP contribution >= 0.6 is 0 Å². The average molecular weight is 274 g/mol. The van der Waals surface area contributed by atoms with Gasteiger partial charge in [-0.2, -0.15) is 5.10 Å². The predicted octanol–water partition coefficient (Wildman–Crippen LogP) is 0.312. The molecule has 0 spiro atoms. The van der Waals surface area contributed by atoms with Gasteiger partial charge in [-0.05, 0) is 24.1 Å². The van der Waals surface area contributed by atoms with Gasteiger partial charge in [-0.15, -0.1) is 0 Å². The molecule has 106 valence electrons. The second-order valence-electron chi connectivity index (χ2n) is 4.72. The van der Waals surface area contributed by atoms with E-state index in [2.05, 4.69) is 10.4 Å². The summed E-state index contributed by atoms with van der Waals surface area (Å²) in [7, 11) is 1.82. The van der Waals surface area contributed by atoms with Gasteiger partial charge < -0.3 is 16.2 Å². The largest absolute Gasteiger partial charge is 0.508 e. The zero-order chi connectivity index (χ0) is 14.5. The molecule has 2 rings (SSSR count). The monoisotopic (exact) mass is 274 g/mol. The highest BCUT2D eigenvalue weighted by molar-refractivity contribution is 5.81. The highest BCUT2D eigenvalue weighted by Gasteiger charge is 2.13. The fourth-order valence-corrected chi connectivity index (χ4v) is 1.86. The summed E-state index contributed by atoms with van der Waals surface area (Å²) in [5.74, 6) is -0.00900. The van der Waals surface area contributed by atoms with Gasteiger partial charge in [0.2, 0.25) is 5.91 Å². The zero-order valence-corrected chi connectivity index (χ0v) is 11.3. The third-order valence-corrected chi connectivity index (χ3v) is 2.95. The van der Waals surface area contributed by atoms with Crippen molar-refractivity contribution in [1.82, 2.24) is 15.1 Å². The topological polar surface area (TPSA) is 93.2 Å². The van der Waals surface area contributed by atoms with Gasteiger partial charge in [-0.25, -0.2) is 0 Å². The van der Waals surface area contributed by atoms with E-state index in [-0.39, 0.29) is 11.7 Å². The van der Waals surface area contributed by atoms with Gasteiger partial charge in [0.25, 0.3) is 0 Å². The second kappa shape index (κ2) is 6.21. The van der Waals surface area contributed by atoms with Crippen molar-refractivity contribution in [3.8, 4) is 5.75 Å². The van der Waals surface area contributed by atoms with Crippen molar-refractivity contribution in [2.24, 2.45) is 12.8 Å². The number of nitrogens with two attached hydrogens (primary N) is 1. The Hall–Kier alpha value is -2.34. The molecule has 1 atom stereocenters.